The number of sulfone groups is 1. The second kappa shape index (κ2) is 5.14. The van der Waals surface area contributed by atoms with Crippen LogP contribution in [0.4, 0.5) is 0 Å². The van der Waals surface area contributed by atoms with Gasteiger partial charge in [0.1, 0.15) is 16.4 Å². The normalized spacial score (nSPS) is 26.3. The van der Waals surface area contributed by atoms with Gasteiger partial charge in [-0.2, -0.15) is 0 Å². The van der Waals surface area contributed by atoms with Crippen molar-refractivity contribution in [1.29, 1.82) is 0 Å². The number of amides is 1. The Morgan fingerprint density at radius 2 is 2.00 bits per heavy atom. The van der Waals surface area contributed by atoms with E-state index in [1.165, 1.54) is 0 Å². The van der Waals surface area contributed by atoms with Gasteiger partial charge >= 0.3 is 0 Å². The van der Waals surface area contributed by atoms with E-state index >= 15 is 0 Å². The average molecular weight is 276 g/mol. The lowest BCUT2D eigenvalue weighted by atomic mass is 10.0. The Kier molecular flexibility index (Phi) is 3.93. The van der Waals surface area contributed by atoms with Crippen LogP contribution in [-0.2, 0) is 19.4 Å². The summed E-state index contributed by atoms with van der Waals surface area (Å²) in [5, 5.41) is 5.92. The molecule has 7 heteroatoms. The number of nitrogens with one attached hydrogen (secondary N) is 2. The summed E-state index contributed by atoms with van der Waals surface area (Å²) in [5.41, 5.74) is -0.229. The van der Waals surface area contributed by atoms with Gasteiger partial charge < -0.3 is 15.4 Å². The molecule has 2 heterocycles. The highest BCUT2D eigenvalue weighted by atomic mass is 32.2. The Hall–Kier alpha value is -0.660. The zero-order chi connectivity index (χ0) is 13.2. The highest BCUT2D eigenvalue weighted by molar-refractivity contribution is 7.91. The molecule has 2 aliphatic heterocycles. The molecule has 0 aliphatic carbocycles. The van der Waals surface area contributed by atoms with Gasteiger partial charge in [0.25, 0.3) is 0 Å². The first-order valence-corrected chi connectivity index (χ1v) is 8.05. The van der Waals surface area contributed by atoms with Gasteiger partial charge in [-0.15, -0.1) is 0 Å². The lowest BCUT2D eigenvalue weighted by Gasteiger charge is -2.38. The first kappa shape index (κ1) is 13.8. The molecule has 0 aromatic heterocycles. The summed E-state index contributed by atoms with van der Waals surface area (Å²) in [5.74, 6) is 0.174. The van der Waals surface area contributed by atoms with Crippen molar-refractivity contribution in [3.8, 4) is 0 Å². The molecule has 2 aliphatic rings. The Bertz CT molecular complexity index is 403. The molecule has 6 nitrogen and oxygen atoms in total. The molecule has 0 aromatic carbocycles. The first-order valence-electron chi connectivity index (χ1n) is 6.23. The zero-order valence-electron chi connectivity index (χ0n) is 10.6. The molecular formula is C11H20N2O4S. The third-order valence-electron chi connectivity index (χ3n) is 3.47. The van der Waals surface area contributed by atoms with Crippen molar-refractivity contribution >= 4 is 15.7 Å². The van der Waals surface area contributed by atoms with Crippen molar-refractivity contribution in [2.24, 2.45) is 0 Å². The SMILES string of the molecule is CC1(OCC(=O)NC2CCS(=O)(=O)CC2)CNC1. The van der Waals surface area contributed by atoms with Crippen molar-refractivity contribution in [2.45, 2.75) is 31.4 Å². The summed E-state index contributed by atoms with van der Waals surface area (Å²) in [4.78, 5) is 11.7. The largest absolute Gasteiger partial charge is 0.363 e. The van der Waals surface area contributed by atoms with Gasteiger partial charge in [0.2, 0.25) is 5.91 Å². The van der Waals surface area contributed by atoms with Crippen LogP contribution in [0.3, 0.4) is 0 Å². The third kappa shape index (κ3) is 3.66. The van der Waals surface area contributed by atoms with Gasteiger partial charge in [-0.3, -0.25) is 4.79 Å². The van der Waals surface area contributed by atoms with E-state index in [4.69, 9.17) is 4.74 Å². The van der Waals surface area contributed by atoms with E-state index in [1.807, 2.05) is 6.92 Å². The summed E-state index contributed by atoms with van der Waals surface area (Å²) in [7, 11) is -2.87. The molecule has 0 aromatic rings. The maximum Gasteiger partial charge on any atom is 0.246 e. The molecule has 18 heavy (non-hydrogen) atoms. The molecule has 104 valence electrons. The third-order valence-corrected chi connectivity index (χ3v) is 5.18. The summed E-state index contributed by atoms with van der Waals surface area (Å²) < 4.78 is 28.0. The maximum absolute atomic E-state index is 11.7. The second-order valence-corrected chi connectivity index (χ2v) is 7.64. The van der Waals surface area contributed by atoms with Crippen molar-refractivity contribution in [1.82, 2.24) is 10.6 Å². The van der Waals surface area contributed by atoms with Gasteiger partial charge in [-0.05, 0) is 19.8 Å². The fourth-order valence-corrected chi connectivity index (χ4v) is 3.61. The molecule has 0 radical (unpaired) electrons. The lowest BCUT2D eigenvalue weighted by Crippen LogP contribution is -2.59. The van der Waals surface area contributed by atoms with E-state index < -0.39 is 9.84 Å². The van der Waals surface area contributed by atoms with Crippen molar-refractivity contribution in [3.63, 3.8) is 0 Å². The molecule has 2 saturated heterocycles. The predicted molar refractivity (Wildman–Crippen MR) is 67.0 cm³/mol. The number of carbonyl (C=O) groups excluding carboxylic acids is 1. The quantitative estimate of drug-likeness (QED) is 0.692. The molecule has 2 N–H and O–H groups in total. The number of hydrogen-bond acceptors (Lipinski definition) is 5. The molecule has 0 atom stereocenters. The number of ether oxygens (including phenoxy) is 1. The predicted octanol–water partition coefficient (Wildman–Crippen LogP) is -0.942. The van der Waals surface area contributed by atoms with Crippen LogP contribution in [0, 0.1) is 0 Å². The van der Waals surface area contributed by atoms with Crippen LogP contribution in [0.25, 0.3) is 0 Å². The molecule has 0 spiro atoms. The Morgan fingerprint density at radius 1 is 1.39 bits per heavy atom. The first-order chi connectivity index (χ1) is 8.39. The van der Waals surface area contributed by atoms with Crippen molar-refractivity contribution < 1.29 is 17.9 Å². The van der Waals surface area contributed by atoms with Crippen LogP contribution in [0.2, 0.25) is 0 Å². The molecule has 2 fully saturated rings. The van der Waals surface area contributed by atoms with Crippen molar-refractivity contribution in [2.75, 3.05) is 31.2 Å². The zero-order valence-corrected chi connectivity index (χ0v) is 11.4. The monoisotopic (exact) mass is 276 g/mol. The highest BCUT2D eigenvalue weighted by Crippen LogP contribution is 2.15. The maximum atomic E-state index is 11.7. The number of carbonyl (C=O) groups is 1. The van der Waals surface area contributed by atoms with Gasteiger partial charge in [0.05, 0.1) is 17.1 Å². The minimum absolute atomic E-state index is 0.0306. The molecule has 0 bridgehead atoms. The fourth-order valence-electron chi connectivity index (χ4n) is 2.12. The number of rotatable bonds is 4. The van der Waals surface area contributed by atoms with Gasteiger partial charge in [-0.1, -0.05) is 0 Å². The lowest BCUT2D eigenvalue weighted by molar-refractivity contribution is -0.136. The van der Waals surface area contributed by atoms with Crippen LogP contribution in [-0.4, -0.2) is 57.2 Å². The fraction of sp³-hybridized carbons (Fsp3) is 0.909. The summed E-state index contributed by atoms with van der Waals surface area (Å²) in [6, 6.07) is -0.0306. The topological polar surface area (TPSA) is 84.5 Å². The summed E-state index contributed by atoms with van der Waals surface area (Å²) in [6.07, 6.45) is 1.01. The summed E-state index contributed by atoms with van der Waals surface area (Å²) >= 11 is 0. The smallest absolute Gasteiger partial charge is 0.246 e. The van der Waals surface area contributed by atoms with Crippen LogP contribution in [0.1, 0.15) is 19.8 Å². The minimum atomic E-state index is -2.87. The van der Waals surface area contributed by atoms with Crippen LogP contribution < -0.4 is 10.6 Å². The van der Waals surface area contributed by atoms with Gasteiger partial charge in [0.15, 0.2) is 0 Å². The Morgan fingerprint density at radius 3 is 2.50 bits per heavy atom. The second-order valence-electron chi connectivity index (χ2n) is 5.34. The van der Waals surface area contributed by atoms with Crippen LogP contribution in [0.15, 0.2) is 0 Å². The van der Waals surface area contributed by atoms with Gasteiger partial charge in [0, 0.05) is 19.1 Å². The van der Waals surface area contributed by atoms with E-state index in [-0.39, 0.29) is 35.7 Å². The van der Waals surface area contributed by atoms with Crippen LogP contribution >= 0.6 is 0 Å². The number of hydrogen-bond donors (Lipinski definition) is 2. The highest BCUT2D eigenvalue weighted by Gasteiger charge is 2.33. The molecule has 0 saturated carbocycles. The van der Waals surface area contributed by atoms with Crippen molar-refractivity contribution in [3.05, 3.63) is 0 Å². The standard InChI is InChI=1S/C11H20N2O4S/c1-11(7-12-8-11)17-6-10(14)13-9-2-4-18(15,16)5-3-9/h9,12H,2-8H2,1H3,(H,13,14). The Balaban J connectivity index is 1.68. The average Bonchev–Trinajstić information content (AvgIpc) is 2.27. The van der Waals surface area contributed by atoms with E-state index in [1.54, 1.807) is 0 Å². The molecular weight excluding hydrogens is 256 g/mol. The van der Waals surface area contributed by atoms with E-state index in [9.17, 15) is 13.2 Å². The molecule has 2 rings (SSSR count). The van der Waals surface area contributed by atoms with Crippen LogP contribution in [0.5, 0.6) is 0 Å². The molecule has 1 amide bonds. The van der Waals surface area contributed by atoms with Gasteiger partial charge in [-0.25, -0.2) is 8.42 Å². The minimum Gasteiger partial charge on any atom is -0.363 e. The van der Waals surface area contributed by atoms with E-state index in [2.05, 4.69) is 10.6 Å². The van der Waals surface area contributed by atoms with E-state index in [0.717, 1.165) is 13.1 Å². The Labute approximate surface area is 107 Å². The summed E-state index contributed by atoms with van der Waals surface area (Å²) in [6.45, 7) is 3.54. The van der Waals surface area contributed by atoms with E-state index in [0.29, 0.717) is 12.8 Å². The molecule has 0 unspecified atom stereocenters.